The molecule has 2 rings (SSSR count). The minimum absolute atomic E-state index is 0.0233. The van der Waals surface area contributed by atoms with Gasteiger partial charge in [0, 0.05) is 32.4 Å². The van der Waals surface area contributed by atoms with Gasteiger partial charge in [0.05, 0.1) is 11.8 Å². The minimum Gasteiger partial charge on any atom is -0.383 e. The summed E-state index contributed by atoms with van der Waals surface area (Å²) in [6.07, 6.45) is 3.21. The van der Waals surface area contributed by atoms with Crippen LogP contribution in [0.5, 0.6) is 0 Å². The number of nitrogens with zero attached hydrogens (tertiary/aromatic N) is 2. The van der Waals surface area contributed by atoms with Crippen molar-refractivity contribution in [2.45, 2.75) is 37.8 Å². The summed E-state index contributed by atoms with van der Waals surface area (Å²) in [7, 11) is -3.59. The molecule has 1 aliphatic rings. The molecule has 7 heteroatoms. The predicted octanol–water partition coefficient (Wildman–Crippen LogP) is 1.70. The van der Waals surface area contributed by atoms with Crippen molar-refractivity contribution in [3.05, 3.63) is 18.3 Å². The summed E-state index contributed by atoms with van der Waals surface area (Å²) in [5.41, 5.74) is 0.554. The lowest BCUT2D eigenvalue weighted by atomic mass is 10.1. The molecule has 1 saturated heterocycles. The normalized spacial score (nSPS) is 20.4. The predicted molar refractivity (Wildman–Crippen MR) is 81.8 cm³/mol. The molecule has 1 fully saturated rings. The number of hydrogen-bond acceptors (Lipinski definition) is 5. The molecule has 0 amide bonds. The van der Waals surface area contributed by atoms with Crippen molar-refractivity contribution in [1.29, 1.82) is 0 Å². The van der Waals surface area contributed by atoms with E-state index < -0.39 is 10.0 Å². The molecule has 1 N–H and O–H groups in total. The Hall–Kier alpha value is -1.18. The zero-order chi connectivity index (χ0) is 15.3. The second-order valence-corrected chi connectivity index (χ2v) is 6.82. The lowest BCUT2D eigenvalue weighted by Gasteiger charge is -2.31. The van der Waals surface area contributed by atoms with E-state index >= 15 is 0 Å². The third-order valence-electron chi connectivity index (χ3n) is 3.47. The Balaban J connectivity index is 2.25. The number of rotatable bonds is 6. The van der Waals surface area contributed by atoms with E-state index in [9.17, 15) is 8.42 Å². The molecule has 1 unspecified atom stereocenters. The van der Waals surface area contributed by atoms with E-state index in [0.717, 1.165) is 12.8 Å². The van der Waals surface area contributed by atoms with Gasteiger partial charge >= 0.3 is 0 Å². The Bertz CT molecular complexity index is 560. The zero-order valence-corrected chi connectivity index (χ0v) is 13.4. The molecule has 1 atom stereocenters. The van der Waals surface area contributed by atoms with Crippen LogP contribution in [0.3, 0.4) is 0 Å². The highest BCUT2D eigenvalue weighted by molar-refractivity contribution is 7.89. The van der Waals surface area contributed by atoms with Crippen LogP contribution in [0, 0.1) is 0 Å². The molecule has 0 radical (unpaired) electrons. The summed E-state index contributed by atoms with van der Waals surface area (Å²) in [5, 5.41) is 3.16. The van der Waals surface area contributed by atoms with Crippen LogP contribution >= 0.6 is 0 Å². The summed E-state index contributed by atoms with van der Waals surface area (Å²) in [6, 6.07) is 3.48. The number of anilines is 1. The van der Waals surface area contributed by atoms with Crippen LogP contribution < -0.4 is 5.32 Å². The first kappa shape index (κ1) is 16.2. The number of pyridine rings is 1. The maximum Gasteiger partial charge on any atom is 0.262 e. The fraction of sp³-hybridized carbons (Fsp3) is 0.643. The second-order valence-electron chi connectivity index (χ2n) is 4.97. The fourth-order valence-corrected chi connectivity index (χ4v) is 4.13. The van der Waals surface area contributed by atoms with Gasteiger partial charge < -0.3 is 10.1 Å². The molecule has 1 aromatic rings. The standard InChI is InChI=1S/C14H23N3O3S/c1-3-15-13-8-5-9-16-14(13)21(18,19)17-10-6-7-12(11-17)20-4-2/h5,8-9,12,15H,3-4,6-7,10-11H2,1-2H3. The van der Waals surface area contributed by atoms with Gasteiger partial charge in [-0.05, 0) is 38.8 Å². The van der Waals surface area contributed by atoms with Crippen LogP contribution in [-0.2, 0) is 14.8 Å². The van der Waals surface area contributed by atoms with Crippen molar-refractivity contribution in [3.63, 3.8) is 0 Å². The summed E-state index contributed by atoms with van der Waals surface area (Å²) in [5.74, 6) is 0. The van der Waals surface area contributed by atoms with E-state index in [2.05, 4.69) is 10.3 Å². The largest absolute Gasteiger partial charge is 0.383 e. The maximum absolute atomic E-state index is 12.8. The van der Waals surface area contributed by atoms with Crippen molar-refractivity contribution < 1.29 is 13.2 Å². The van der Waals surface area contributed by atoms with E-state index in [-0.39, 0.29) is 11.1 Å². The molecular weight excluding hydrogens is 290 g/mol. The average molecular weight is 313 g/mol. The first-order valence-electron chi connectivity index (χ1n) is 7.40. The molecular formula is C14H23N3O3S. The Labute approximate surface area is 126 Å². The van der Waals surface area contributed by atoms with E-state index in [1.165, 1.54) is 10.5 Å². The van der Waals surface area contributed by atoms with Crippen molar-refractivity contribution in [2.75, 3.05) is 31.6 Å². The van der Waals surface area contributed by atoms with E-state index in [1.807, 2.05) is 13.8 Å². The van der Waals surface area contributed by atoms with Gasteiger partial charge in [-0.25, -0.2) is 13.4 Å². The average Bonchev–Trinajstić information content (AvgIpc) is 2.49. The Morgan fingerprint density at radius 1 is 1.48 bits per heavy atom. The number of hydrogen-bond donors (Lipinski definition) is 1. The highest BCUT2D eigenvalue weighted by Gasteiger charge is 2.32. The van der Waals surface area contributed by atoms with Crippen molar-refractivity contribution >= 4 is 15.7 Å². The lowest BCUT2D eigenvalue weighted by molar-refractivity contribution is 0.0264. The molecule has 0 aromatic carbocycles. The van der Waals surface area contributed by atoms with Gasteiger partial charge in [-0.15, -0.1) is 0 Å². The van der Waals surface area contributed by atoms with Crippen LogP contribution in [0.1, 0.15) is 26.7 Å². The number of aromatic nitrogens is 1. The Morgan fingerprint density at radius 3 is 3.00 bits per heavy atom. The van der Waals surface area contributed by atoms with Gasteiger partial charge in [0.1, 0.15) is 0 Å². The minimum atomic E-state index is -3.59. The summed E-state index contributed by atoms with van der Waals surface area (Å²) < 4.78 is 32.7. The van der Waals surface area contributed by atoms with Crippen LogP contribution in [0.4, 0.5) is 5.69 Å². The first-order chi connectivity index (χ1) is 10.1. The van der Waals surface area contributed by atoms with Crippen LogP contribution in [0.2, 0.25) is 0 Å². The van der Waals surface area contributed by atoms with Crippen molar-refractivity contribution in [2.24, 2.45) is 0 Å². The van der Waals surface area contributed by atoms with Gasteiger partial charge in [-0.2, -0.15) is 4.31 Å². The van der Waals surface area contributed by atoms with Gasteiger partial charge in [0.15, 0.2) is 5.03 Å². The monoisotopic (exact) mass is 313 g/mol. The van der Waals surface area contributed by atoms with Crippen molar-refractivity contribution in [1.82, 2.24) is 9.29 Å². The molecule has 118 valence electrons. The molecule has 6 nitrogen and oxygen atoms in total. The van der Waals surface area contributed by atoms with Gasteiger partial charge in [0.25, 0.3) is 10.0 Å². The molecule has 0 saturated carbocycles. The SMILES string of the molecule is CCNc1cccnc1S(=O)(=O)N1CCCC(OCC)C1. The Kier molecular flexibility index (Phi) is 5.55. The molecule has 1 aromatic heterocycles. The molecule has 21 heavy (non-hydrogen) atoms. The summed E-state index contributed by atoms with van der Waals surface area (Å²) >= 11 is 0. The molecule has 0 bridgehead atoms. The number of sulfonamides is 1. The fourth-order valence-electron chi connectivity index (χ4n) is 2.54. The van der Waals surface area contributed by atoms with E-state index in [4.69, 9.17) is 4.74 Å². The highest BCUT2D eigenvalue weighted by Crippen LogP contribution is 2.25. The maximum atomic E-state index is 12.8. The third kappa shape index (κ3) is 3.72. The van der Waals surface area contributed by atoms with Crippen LogP contribution in [0.15, 0.2) is 23.4 Å². The quantitative estimate of drug-likeness (QED) is 0.865. The first-order valence-corrected chi connectivity index (χ1v) is 8.84. The summed E-state index contributed by atoms with van der Waals surface area (Å²) in [4.78, 5) is 4.08. The third-order valence-corrected chi connectivity index (χ3v) is 5.29. The smallest absolute Gasteiger partial charge is 0.262 e. The molecule has 2 heterocycles. The van der Waals surface area contributed by atoms with E-state index in [0.29, 0.717) is 31.9 Å². The molecule has 0 spiro atoms. The number of piperidine rings is 1. The van der Waals surface area contributed by atoms with Crippen molar-refractivity contribution in [3.8, 4) is 0 Å². The lowest BCUT2D eigenvalue weighted by Crippen LogP contribution is -2.43. The van der Waals surface area contributed by atoms with Crippen LogP contribution in [-0.4, -0.2) is 50.1 Å². The van der Waals surface area contributed by atoms with Gasteiger partial charge in [-0.1, -0.05) is 0 Å². The van der Waals surface area contributed by atoms with E-state index in [1.54, 1.807) is 12.1 Å². The van der Waals surface area contributed by atoms with Crippen LogP contribution in [0.25, 0.3) is 0 Å². The molecule has 0 aliphatic carbocycles. The zero-order valence-electron chi connectivity index (χ0n) is 12.6. The second kappa shape index (κ2) is 7.20. The summed E-state index contributed by atoms with van der Waals surface area (Å²) in [6.45, 7) is 6.03. The highest BCUT2D eigenvalue weighted by atomic mass is 32.2. The molecule has 1 aliphatic heterocycles. The number of ether oxygens (including phenoxy) is 1. The van der Waals surface area contributed by atoms with Gasteiger partial charge in [-0.3, -0.25) is 0 Å². The topological polar surface area (TPSA) is 71.5 Å². The van der Waals surface area contributed by atoms with Gasteiger partial charge in [0.2, 0.25) is 0 Å². The Morgan fingerprint density at radius 2 is 2.29 bits per heavy atom. The number of nitrogens with one attached hydrogen (secondary N) is 1.